The number of carbonyl (C=O) groups is 5. The minimum Gasteiger partial charge on any atom is -0.507 e. The van der Waals surface area contributed by atoms with E-state index in [0.717, 1.165) is 0 Å². The largest absolute Gasteiger partial charge is 0.507 e. The molecule has 1 heterocycles. The van der Waals surface area contributed by atoms with Crippen molar-refractivity contribution in [2.24, 2.45) is 17.3 Å². The fourth-order valence-corrected chi connectivity index (χ4v) is 4.53. The maximum atomic E-state index is 13.2. The van der Waals surface area contributed by atoms with Crippen molar-refractivity contribution in [3.05, 3.63) is 22.8 Å². The molecular formula is C26H30O8. The molecule has 0 saturated heterocycles. The van der Waals surface area contributed by atoms with Gasteiger partial charge in [-0.15, -0.1) is 0 Å². The highest BCUT2D eigenvalue weighted by Gasteiger charge is 2.55. The third-order valence-corrected chi connectivity index (χ3v) is 6.67. The predicted octanol–water partition coefficient (Wildman–Crippen LogP) is 3.38. The van der Waals surface area contributed by atoms with E-state index in [4.69, 9.17) is 4.74 Å². The number of benzene rings is 1. The van der Waals surface area contributed by atoms with E-state index < -0.39 is 69.7 Å². The number of fused-ring (bicyclic) bond motifs is 1. The van der Waals surface area contributed by atoms with Crippen molar-refractivity contribution in [1.82, 2.24) is 0 Å². The lowest BCUT2D eigenvalue weighted by Gasteiger charge is -2.36. The lowest BCUT2D eigenvalue weighted by Crippen LogP contribution is -2.55. The summed E-state index contributed by atoms with van der Waals surface area (Å²) in [4.78, 5) is 64.3. The summed E-state index contributed by atoms with van der Waals surface area (Å²) in [5.41, 5.74) is -2.57. The first-order chi connectivity index (χ1) is 15.7. The summed E-state index contributed by atoms with van der Waals surface area (Å²) >= 11 is 0. The van der Waals surface area contributed by atoms with Gasteiger partial charge in [-0.2, -0.15) is 0 Å². The van der Waals surface area contributed by atoms with Gasteiger partial charge in [0.2, 0.25) is 0 Å². The zero-order valence-corrected chi connectivity index (χ0v) is 20.3. The van der Waals surface area contributed by atoms with Crippen molar-refractivity contribution in [3.8, 4) is 17.2 Å². The van der Waals surface area contributed by atoms with Crippen LogP contribution in [0, 0.1) is 17.3 Å². The Labute approximate surface area is 198 Å². The number of phenolic OH excluding ortho intramolecular Hbond substituents is 2. The van der Waals surface area contributed by atoms with Gasteiger partial charge in [0.1, 0.15) is 34.3 Å². The fourth-order valence-electron chi connectivity index (χ4n) is 4.53. The van der Waals surface area contributed by atoms with E-state index in [2.05, 4.69) is 0 Å². The summed E-state index contributed by atoms with van der Waals surface area (Å²) < 4.78 is 5.88. The summed E-state index contributed by atoms with van der Waals surface area (Å²) in [7, 11) is 0. The molecular weight excluding hydrogens is 440 g/mol. The molecule has 0 radical (unpaired) electrons. The Morgan fingerprint density at radius 3 is 2.15 bits per heavy atom. The molecule has 0 unspecified atom stereocenters. The van der Waals surface area contributed by atoms with Crippen molar-refractivity contribution in [1.29, 1.82) is 0 Å². The van der Waals surface area contributed by atoms with Gasteiger partial charge in [0, 0.05) is 18.4 Å². The summed E-state index contributed by atoms with van der Waals surface area (Å²) in [5.74, 6) is -7.34. The second kappa shape index (κ2) is 8.49. The molecule has 0 spiro atoms. The maximum absolute atomic E-state index is 13.2. The van der Waals surface area contributed by atoms with E-state index >= 15 is 0 Å². The fraction of sp³-hybridized carbons (Fsp3) is 0.500. The van der Waals surface area contributed by atoms with Gasteiger partial charge < -0.3 is 14.9 Å². The van der Waals surface area contributed by atoms with Crippen LogP contribution in [0.4, 0.5) is 0 Å². The Kier molecular flexibility index (Phi) is 6.33. The molecule has 0 bridgehead atoms. The standard InChI is InChI=1S/C26H30O8/c1-7-15(27)17-20(30)13(19(29)12-9-10-25(3,4)34-22(12)17)11-14-21(31)18(16(28)8-2)24(33)26(5,6)23(14)32/h9-10,14,18,29-30H,7-8,11H2,1-6H3/t14-,18+/m0/s1. The second-order valence-corrected chi connectivity index (χ2v) is 9.87. The minimum atomic E-state index is -1.59. The molecule has 0 aromatic heterocycles. The Morgan fingerprint density at radius 1 is 0.971 bits per heavy atom. The van der Waals surface area contributed by atoms with Crippen LogP contribution in [0.2, 0.25) is 0 Å². The number of hydrogen-bond donors (Lipinski definition) is 2. The summed E-state index contributed by atoms with van der Waals surface area (Å²) in [6.07, 6.45) is 2.75. The molecule has 2 N–H and O–H groups in total. The van der Waals surface area contributed by atoms with Crippen molar-refractivity contribution >= 4 is 35.0 Å². The molecule has 8 heteroatoms. The SMILES string of the molecule is CCC(=O)c1c(O)c(C[C@H]2C(=O)[C@@H](C(=O)CC)C(=O)C(C)(C)C2=O)c(O)c2c1OC(C)(C)C=C2. The Hall–Kier alpha value is -3.29. The molecule has 1 fully saturated rings. The minimum absolute atomic E-state index is 0.0222. The van der Waals surface area contributed by atoms with Crippen LogP contribution in [0.15, 0.2) is 6.08 Å². The van der Waals surface area contributed by atoms with Gasteiger partial charge in [0.15, 0.2) is 28.9 Å². The lowest BCUT2D eigenvalue weighted by atomic mass is 9.62. The first kappa shape index (κ1) is 25.3. The average Bonchev–Trinajstić information content (AvgIpc) is 2.76. The second-order valence-electron chi connectivity index (χ2n) is 9.87. The highest BCUT2D eigenvalue weighted by molar-refractivity contribution is 6.33. The van der Waals surface area contributed by atoms with Crippen molar-refractivity contribution in [3.63, 3.8) is 0 Å². The van der Waals surface area contributed by atoms with Crippen LogP contribution in [0.5, 0.6) is 17.2 Å². The number of rotatable bonds is 6. The molecule has 1 aliphatic carbocycles. The normalized spacial score (nSPS) is 22.8. The van der Waals surface area contributed by atoms with E-state index in [1.54, 1.807) is 32.9 Å². The van der Waals surface area contributed by atoms with Gasteiger partial charge in [-0.05, 0) is 46.3 Å². The lowest BCUT2D eigenvalue weighted by molar-refractivity contribution is -0.157. The van der Waals surface area contributed by atoms with Crippen LogP contribution in [-0.2, 0) is 25.6 Å². The van der Waals surface area contributed by atoms with Gasteiger partial charge in [-0.3, -0.25) is 24.0 Å². The maximum Gasteiger partial charge on any atom is 0.170 e. The molecule has 1 aromatic rings. The van der Waals surface area contributed by atoms with Crippen LogP contribution in [0.25, 0.3) is 6.08 Å². The van der Waals surface area contributed by atoms with Crippen LogP contribution in [-0.4, -0.2) is 44.7 Å². The number of ketones is 5. The molecule has 8 nitrogen and oxygen atoms in total. The van der Waals surface area contributed by atoms with E-state index in [0.29, 0.717) is 0 Å². The van der Waals surface area contributed by atoms with Gasteiger partial charge in [0.05, 0.1) is 16.9 Å². The van der Waals surface area contributed by atoms with Crippen LogP contribution in [0.1, 0.15) is 75.9 Å². The molecule has 2 atom stereocenters. The van der Waals surface area contributed by atoms with E-state index in [-0.39, 0.29) is 35.3 Å². The molecule has 0 amide bonds. The summed E-state index contributed by atoms with van der Waals surface area (Å²) in [6.45, 7) is 9.36. The molecule has 2 aliphatic rings. The third-order valence-electron chi connectivity index (χ3n) is 6.67. The zero-order chi connectivity index (χ0) is 25.7. The number of hydrogen-bond acceptors (Lipinski definition) is 8. The van der Waals surface area contributed by atoms with Crippen molar-refractivity contribution in [2.45, 2.75) is 66.4 Å². The molecule has 1 saturated carbocycles. The Morgan fingerprint density at radius 2 is 1.59 bits per heavy atom. The monoisotopic (exact) mass is 470 g/mol. The third kappa shape index (κ3) is 3.85. The number of aromatic hydroxyl groups is 2. The Bertz CT molecular complexity index is 1150. The van der Waals surface area contributed by atoms with E-state index in [1.165, 1.54) is 20.8 Å². The van der Waals surface area contributed by atoms with E-state index in [1.807, 2.05) is 0 Å². The van der Waals surface area contributed by atoms with Crippen LogP contribution < -0.4 is 4.74 Å². The average molecular weight is 471 g/mol. The van der Waals surface area contributed by atoms with Crippen LogP contribution in [0.3, 0.4) is 0 Å². The topological polar surface area (TPSA) is 135 Å². The molecule has 34 heavy (non-hydrogen) atoms. The highest BCUT2D eigenvalue weighted by Crippen LogP contribution is 2.49. The predicted molar refractivity (Wildman–Crippen MR) is 123 cm³/mol. The van der Waals surface area contributed by atoms with Gasteiger partial charge in [0.25, 0.3) is 0 Å². The molecule has 1 aliphatic heterocycles. The number of carbonyl (C=O) groups excluding carboxylic acids is 5. The summed E-state index contributed by atoms with van der Waals surface area (Å²) in [6, 6.07) is 0. The summed E-state index contributed by atoms with van der Waals surface area (Å²) in [5, 5.41) is 22.1. The van der Waals surface area contributed by atoms with Crippen LogP contribution >= 0.6 is 0 Å². The van der Waals surface area contributed by atoms with Gasteiger partial charge >= 0.3 is 0 Å². The molecule has 182 valence electrons. The molecule has 1 aromatic carbocycles. The van der Waals surface area contributed by atoms with Crippen molar-refractivity contribution in [2.75, 3.05) is 0 Å². The number of phenols is 2. The first-order valence-corrected chi connectivity index (χ1v) is 11.4. The quantitative estimate of drug-likeness (QED) is 0.477. The zero-order valence-electron chi connectivity index (χ0n) is 20.3. The Balaban J connectivity index is 2.20. The van der Waals surface area contributed by atoms with Crippen molar-refractivity contribution < 1.29 is 38.9 Å². The van der Waals surface area contributed by atoms with E-state index in [9.17, 15) is 34.2 Å². The first-order valence-electron chi connectivity index (χ1n) is 11.4. The molecule has 3 rings (SSSR count). The smallest absolute Gasteiger partial charge is 0.170 e. The number of ether oxygens (including phenoxy) is 1. The van der Waals surface area contributed by atoms with Gasteiger partial charge in [-0.25, -0.2) is 0 Å². The van der Waals surface area contributed by atoms with Gasteiger partial charge in [-0.1, -0.05) is 13.8 Å². The number of Topliss-reactive ketones (excluding diaryl/α,β-unsaturated/α-hetero) is 5. The highest BCUT2D eigenvalue weighted by atomic mass is 16.5.